The van der Waals surface area contributed by atoms with Crippen LogP contribution in [0.4, 0.5) is 13.2 Å². The number of hydrogen-bond acceptors (Lipinski definition) is 2. The largest absolute Gasteiger partial charge is 0.441 e. The lowest BCUT2D eigenvalue weighted by Crippen LogP contribution is -2.05. The van der Waals surface area contributed by atoms with Crippen LogP contribution in [-0.4, -0.2) is 20.9 Å². The van der Waals surface area contributed by atoms with Crippen molar-refractivity contribution in [1.82, 2.24) is 4.57 Å². The molecule has 0 bridgehead atoms. The molecule has 1 rings (SSSR count). The van der Waals surface area contributed by atoms with Crippen molar-refractivity contribution in [2.45, 2.75) is 31.5 Å². The molecule has 16 heavy (non-hydrogen) atoms. The van der Waals surface area contributed by atoms with Crippen molar-refractivity contribution in [3.05, 3.63) is 24.0 Å². The second-order valence-electron chi connectivity index (χ2n) is 3.40. The maximum absolute atomic E-state index is 11.9. The fraction of sp³-hybridized carbons (Fsp3) is 0.600. The average Bonchev–Trinajstić information content (AvgIpc) is 2.63. The summed E-state index contributed by atoms with van der Waals surface area (Å²) in [6, 6.07) is 1.73. The van der Waals surface area contributed by atoms with Gasteiger partial charge in [0.15, 0.2) is 0 Å². The summed E-state index contributed by atoms with van der Waals surface area (Å²) in [5, 5.41) is 9.50. The third-order valence-electron chi connectivity index (χ3n) is 2.16. The first-order valence-corrected chi connectivity index (χ1v) is 5.95. The maximum Gasteiger partial charge on any atom is 0.441 e. The zero-order chi connectivity index (χ0) is 12.2. The van der Waals surface area contributed by atoms with Gasteiger partial charge in [-0.05, 0) is 29.8 Å². The molecule has 1 aromatic rings. The van der Waals surface area contributed by atoms with Crippen LogP contribution >= 0.6 is 11.8 Å². The second-order valence-corrected chi connectivity index (χ2v) is 4.56. The summed E-state index contributed by atoms with van der Waals surface area (Å²) in [6.45, 7) is 2.14. The summed E-state index contributed by atoms with van der Waals surface area (Å²) >= 11 is -0.0315. The molecule has 0 radical (unpaired) electrons. The Kier molecular flexibility index (Phi) is 4.73. The fourth-order valence-corrected chi connectivity index (χ4v) is 1.83. The van der Waals surface area contributed by atoms with E-state index in [0.29, 0.717) is 13.0 Å². The molecule has 0 aromatic carbocycles. The molecule has 2 nitrogen and oxygen atoms in total. The molecule has 1 atom stereocenters. The Morgan fingerprint density at radius 3 is 2.75 bits per heavy atom. The quantitative estimate of drug-likeness (QED) is 0.871. The predicted molar refractivity (Wildman–Crippen MR) is 58.2 cm³/mol. The first-order valence-electron chi connectivity index (χ1n) is 4.97. The molecule has 0 aliphatic carbocycles. The maximum atomic E-state index is 11.9. The van der Waals surface area contributed by atoms with Gasteiger partial charge in [-0.15, -0.1) is 0 Å². The SMILES string of the molecule is CCC(O)c1ccn(CCSC(F)(F)F)c1. The summed E-state index contributed by atoms with van der Waals surface area (Å²) in [4.78, 5) is 0. The molecule has 0 aliphatic rings. The van der Waals surface area contributed by atoms with Crippen LogP contribution < -0.4 is 0 Å². The van der Waals surface area contributed by atoms with E-state index in [1.807, 2.05) is 6.92 Å². The lowest BCUT2D eigenvalue weighted by atomic mass is 10.1. The Bertz CT molecular complexity index is 324. The Labute approximate surface area is 96.5 Å². The van der Waals surface area contributed by atoms with E-state index in [4.69, 9.17) is 0 Å². The lowest BCUT2D eigenvalue weighted by molar-refractivity contribution is -0.0328. The van der Waals surface area contributed by atoms with E-state index in [2.05, 4.69) is 0 Å². The van der Waals surface area contributed by atoms with E-state index in [1.165, 1.54) is 0 Å². The molecule has 0 fully saturated rings. The van der Waals surface area contributed by atoms with Gasteiger partial charge in [-0.2, -0.15) is 13.2 Å². The summed E-state index contributed by atoms with van der Waals surface area (Å²) in [7, 11) is 0. The van der Waals surface area contributed by atoms with Gasteiger partial charge in [-0.25, -0.2) is 0 Å². The van der Waals surface area contributed by atoms with E-state index in [-0.39, 0.29) is 17.5 Å². The van der Waals surface area contributed by atoms with Crippen molar-refractivity contribution in [3.63, 3.8) is 0 Å². The third-order valence-corrected chi connectivity index (χ3v) is 2.87. The van der Waals surface area contributed by atoms with E-state index in [0.717, 1.165) is 5.56 Å². The zero-order valence-corrected chi connectivity index (χ0v) is 9.68. The monoisotopic (exact) mass is 253 g/mol. The molecular weight excluding hydrogens is 239 g/mol. The second kappa shape index (κ2) is 5.63. The molecule has 6 heteroatoms. The molecule has 0 amide bonds. The number of thioether (sulfide) groups is 1. The molecule has 1 aromatic heterocycles. The predicted octanol–water partition coefficient (Wildman–Crippen LogP) is 3.18. The van der Waals surface area contributed by atoms with Crippen molar-refractivity contribution in [3.8, 4) is 0 Å². The van der Waals surface area contributed by atoms with Gasteiger partial charge in [0.2, 0.25) is 0 Å². The highest BCUT2D eigenvalue weighted by molar-refractivity contribution is 8.00. The van der Waals surface area contributed by atoms with Crippen LogP contribution in [0.2, 0.25) is 0 Å². The molecule has 1 unspecified atom stereocenters. The standard InChI is InChI=1S/C10H14F3NOS/c1-2-9(15)8-3-4-14(7-8)5-6-16-10(11,12)13/h3-4,7,9,15H,2,5-6H2,1H3. The number of rotatable bonds is 5. The molecule has 0 spiro atoms. The molecule has 92 valence electrons. The summed E-state index contributed by atoms with van der Waals surface area (Å²) in [5.74, 6) is -0.0140. The molecule has 0 aliphatic heterocycles. The van der Waals surface area contributed by atoms with Gasteiger partial charge >= 0.3 is 5.51 Å². The van der Waals surface area contributed by atoms with Crippen LogP contribution in [0.25, 0.3) is 0 Å². The van der Waals surface area contributed by atoms with E-state index >= 15 is 0 Å². The zero-order valence-electron chi connectivity index (χ0n) is 8.87. The third kappa shape index (κ3) is 4.49. The summed E-state index contributed by atoms with van der Waals surface area (Å²) < 4.78 is 37.2. The minimum atomic E-state index is -4.17. The van der Waals surface area contributed by atoms with E-state index in [1.54, 1.807) is 23.0 Å². The van der Waals surface area contributed by atoms with E-state index in [9.17, 15) is 18.3 Å². The number of aromatic nitrogens is 1. The minimum Gasteiger partial charge on any atom is -0.388 e. The smallest absolute Gasteiger partial charge is 0.388 e. The van der Waals surface area contributed by atoms with Gasteiger partial charge in [0, 0.05) is 24.7 Å². The highest BCUT2D eigenvalue weighted by atomic mass is 32.2. The van der Waals surface area contributed by atoms with Crippen LogP contribution in [0.1, 0.15) is 25.0 Å². The number of nitrogens with zero attached hydrogens (tertiary/aromatic N) is 1. The van der Waals surface area contributed by atoms with Gasteiger partial charge < -0.3 is 9.67 Å². The topological polar surface area (TPSA) is 25.2 Å². The Morgan fingerprint density at radius 2 is 2.19 bits per heavy atom. The highest BCUT2D eigenvalue weighted by Crippen LogP contribution is 2.30. The fourth-order valence-electron chi connectivity index (χ4n) is 1.30. The van der Waals surface area contributed by atoms with Crippen LogP contribution in [0.5, 0.6) is 0 Å². The van der Waals surface area contributed by atoms with Crippen LogP contribution in [0, 0.1) is 0 Å². The number of aliphatic hydroxyl groups is 1. The van der Waals surface area contributed by atoms with Crippen LogP contribution in [0.15, 0.2) is 18.5 Å². The number of hydrogen-bond donors (Lipinski definition) is 1. The van der Waals surface area contributed by atoms with Crippen molar-refractivity contribution < 1.29 is 18.3 Å². The van der Waals surface area contributed by atoms with E-state index < -0.39 is 11.6 Å². The van der Waals surface area contributed by atoms with Gasteiger partial charge in [0.25, 0.3) is 0 Å². The molecule has 0 saturated carbocycles. The normalized spacial score (nSPS) is 14.1. The lowest BCUT2D eigenvalue weighted by Gasteiger charge is -2.06. The van der Waals surface area contributed by atoms with Gasteiger partial charge in [0.05, 0.1) is 6.10 Å². The molecular formula is C10H14F3NOS. The Balaban J connectivity index is 2.41. The van der Waals surface area contributed by atoms with Gasteiger partial charge in [0.1, 0.15) is 0 Å². The first-order chi connectivity index (χ1) is 7.42. The van der Waals surface area contributed by atoms with Crippen molar-refractivity contribution in [2.24, 2.45) is 0 Å². The number of alkyl halides is 3. The van der Waals surface area contributed by atoms with Crippen LogP contribution in [-0.2, 0) is 6.54 Å². The molecule has 1 heterocycles. The number of aryl methyl sites for hydroxylation is 1. The molecule has 0 saturated heterocycles. The molecule has 1 N–H and O–H groups in total. The van der Waals surface area contributed by atoms with Crippen molar-refractivity contribution >= 4 is 11.8 Å². The number of aliphatic hydroxyl groups excluding tert-OH is 1. The first kappa shape index (κ1) is 13.4. The van der Waals surface area contributed by atoms with Crippen LogP contribution in [0.3, 0.4) is 0 Å². The van der Waals surface area contributed by atoms with Gasteiger partial charge in [-0.1, -0.05) is 6.92 Å². The Hall–Kier alpha value is -0.620. The summed E-state index contributed by atoms with van der Waals surface area (Å²) in [5.41, 5.74) is -3.42. The Morgan fingerprint density at radius 1 is 1.50 bits per heavy atom. The average molecular weight is 253 g/mol. The summed E-state index contributed by atoms with van der Waals surface area (Å²) in [6.07, 6.45) is 3.44. The minimum absolute atomic E-state index is 0.0140. The van der Waals surface area contributed by atoms with Crippen molar-refractivity contribution in [1.29, 1.82) is 0 Å². The highest BCUT2D eigenvalue weighted by Gasteiger charge is 2.27. The van der Waals surface area contributed by atoms with Gasteiger partial charge in [-0.3, -0.25) is 0 Å². The number of halogens is 3. The van der Waals surface area contributed by atoms with Crippen molar-refractivity contribution in [2.75, 3.05) is 5.75 Å².